The number of rotatable bonds is 6. The summed E-state index contributed by atoms with van der Waals surface area (Å²) in [6, 6.07) is 3.57. The molecule has 0 aliphatic carbocycles. The largest absolute Gasteiger partial charge is 0.381 e. The molecule has 0 atom stereocenters. The van der Waals surface area contributed by atoms with Crippen LogP contribution in [0.2, 0.25) is 0 Å². The number of likely N-dealkylation sites (N-methyl/N-ethyl adjacent to an activating group) is 1. The van der Waals surface area contributed by atoms with Gasteiger partial charge in [-0.2, -0.15) is 0 Å². The predicted octanol–water partition coefficient (Wildman–Crippen LogP) is 1.71. The van der Waals surface area contributed by atoms with E-state index in [9.17, 15) is 4.79 Å². The van der Waals surface area contributed by atoms with Gasteiger partial charge in [-0.3, -0.25) is 10.1 Å². The highest BCUT2D eigenvalue weighted by Gasteiger charge is 2.34. The van der Waals surface area contributed by atoms with E-state index in [4.69, 9.17) is 4.74 Å². The van der Waals surface area contributed by atoms with Gasteiger partial charge in [-0.25, -0.2) is 4.98 Å². The SMILES string of the molecule is CN(C)C1(CNc2ccc(C(=O)Nc3nncs3)cn2)CCOCC1. The van der Waals surface area contributed by atoms with Crippen LogP contribution in [0.15, 0.2) is 23.8 Å². The molecular weight excluding hydrogens is 340 g/mol. The zero-order valence-corrected chi connectivity index (χ0v) is 15.2. The van der Waals surface area contributed by atoms with Crippen LogP contribution in [0.5, 0.6) is 0 Å². The molecule has 2 aromatic heterocycles. The highest BCUT2D eigenvalue weighted by atomic mass is 32.1. The lowest BCUT2D eigenvalue weighted by atomic mass is 9.88. The van der Waals surface area contributed by atoms with E-state index in [1.807, 2.05) is 6.07 Å². The Labute approximate surface area is 150 Å². The second-order valence-electron chi connectivity index (χ2n) is 6.21. The van der Waals surface area contributed by atoms with Crippen LogP contribution in [-0.4, -0.2) is 65.4 Å². The van der Waals surface area contributed by atoms with Gasteiger partial charge in [0.25, 0.3) is 5.91 Å². The molecule has 0 bridgehead atoms. The smallest absolute Gasteiger partial charge is 0.259 e. The average Bonchev–Trinajstić information content (AvgIpc) is 3.14. The molecule has 0 unspecified atom stereocenters. The summed E-state index contributed by atoms with van der Waals surface area (Å²) < 4.78 is 5.49. The Morgan fingerprint density at radius 3 is 2.76 bits per heavy atom. The lowest BCUT2D eigenvalue weighted by Crippen LogP contribution is -2.53. The third-order valence-electron chi connectivity index (χ3n) is 4.58. The van der Waals surface area contributed by atoms with Gasteiger partial charge in [0.2, 0.25) is 5.13 Å². The summed E-state index contributed by atoms with van der Waals surface area (Å²) in [6.45, 7) is 2.34. The number of aromatic nitrogens is 3. The molecule has 1 fully saturated rings. The van der Waals surface area contributed by atoms with Gasteiger partial charge in [-0.1, -0.05) is 11.3 Å². The van der Waals surface area contributed by atoms with Crippen LogP contribution in [0, 0.1) is 0 Å². The first-order valence-electron chi connectivity index (χ1n) is 8.12. The van der Waals surface area contributed by atoms with Crippen LogP contribution in [0.3, 0.4) is 0 Å². The Kier molecular flexibility index (Phi) is 5.57. The third kappa shape index (κ3) is 4.30. The fourth-order valence-electron chi connectivity index (χ4n) is 2.82. The molecular formula is C16H22N6O2S. The van der Waals surface area contributed by atoms with Crippen molar-refractivity contribution in [2.45, 2.75) is 18.4 Å². The highest BCUT2D eigenvalue weighted by molar-refractivity contribution is 7.13. The third-order valence-corrected chi connectivity index (χ3v) is 5.18. The van der Waals surface area contributed by atoms with E-state index in [-0.39, 0.29) is 11.4 Å². The van der Waals surface area contributed by atoms with E-state index < -0.39 is 0 Å². The number of nitrogens with zero attached hydrogens (tertiary/aromatic N) is 4. The second-order valence-corrected chi connectivity index (χ2v) is 7.05. The molecule has 2 N–H and O–H groups in total. The molecule has 3 heterocycles. The first kappa shape index (κ1) is 17.7. The summed E-state index contributed by atoms with van der Waals surface area (Å²) in [5, 5.41) is 14.0. The standard InChI is InChI=1S/C16H22N6O2S/c1-22(2)16(5-7-24-8-6-16)10-18-13-4-3-12(9-17-13)14(23)20-15-21-19-11-25-15/h3-4,9,11H,5-8,10H2,1-2H3,(H,17,18)(H,20,21,23). The van der Waals surface area contributed by atoms with Gasteiger partial charge < -0.3 is 15.0 Å². The lowest BCUT2D eigenvalue weighted by Gasteiger charge is -2.43. The maximum Gasteiger partial charge on any atom is 0.259 e. The molecule has 134 valence electrons. The van der Waals surface area contributed by atoms with Crippen LogP contribution in [-0.2, 0) is 4.74 Å². The molecule has 0 saturated carbocycles. The van der Waals surface area contributed by atoms with E-state index in [2.05, 4.69) is 44.8 Å². The first-order chi connectivity index (χ1) is 12.1. The minimum Gasteiger partial charge on any atom is -0.381 e. The molecule has 1 amide bonds. The second kappa shape index (κ2) is 7.85. The quantitative estimate of drug-likeness (QED) is 0.808. The van der Waals surface area contributed by atoms with Crippen LogP contribution >= 0.6 is 11.3 Å². The Morgan fingerprint density at radius 2 is 2.16 bits per heavy atom. The molecule has 1 aliphatic rings. The highest BCUT2D eigenvalue weighted by Crippen LogP contribution is 2.26. The number of hydrogen-bond acceptors (Lipinski definition) is 8. The van der Waals surface area contributed by atoms with Crippen molar-refractivity contribution in [3.05, 3.63) is 29.4 Å². The fraction of sp³-hybridized carbons (Fsp3) is 0.500. The number of hydrogen-bond donors (Lipinski definition) is 2. The summed E-state index contributed by atoms with van der Waals surface area (Å²) in [5.41, 5.74) is 2.11. The van der Waals surface area contributed by atoms with E-state index >= 15 is 0 Å². The first-order valence-corrected chi connectivity index (χ1v) is 9.00. The Morgan fingerprint density at radius 1 is 1.36 bits per heavy atom. The number of pyridine rings is 1. The van der Waals surface area contributed by atoms with E-state index in [0.717, 1.165) is 38.4 Å². The summed E-state index contributed by atoms with van der Waals surface area (Å²) in [5.74, 6) is 0.505. The van der Waals surface area contributed by atoms with Crippen molar-refractivity contribution in [2.75, 3.05) is 44.5 Å². The Bertz CT molecular complexity index is 683. The zero-order chi connectivity index (χ0) is 17.7. The normalized spacial score (nSPS) is 16.6. The minimum atomic E-state index is -0.245. The maximum atomic E-state index is 12.1. The van der Waals surface area contributed by atoms with Crippen molar-refractivity contribution >= 4 is 28.2 Å². The molecule has 8 nitrogen and oxygen atoms in total. The number of anilines is 2. The van der Waals surface area contributed by atoms with Crippen molar-refractivity contribution in [3.8, 4) is 0 Å². The van der Waals surface area contributed by atoms with Crippen LogP contribution in [0.25, 0.3) is 0 Å². The van der Waals surface area contributed by atoms with Crippen molar-refractivity contribution in [1.29, 1.82) is 0 Å². The lowest BCUT2D eigenvalue weighted by molar-refractivity contribution is -0.000665. The Hall–Kier alpha value is -2.10. The molecule has 3 rings (SSSR count). The van der Waals surface area contributed by atoms with Gasteiger partial charge in [0, 0.05) is 31.5 Å². The van der Waals surface area contributed by atoms with Gasteiger partial charge >= 0.3 is 0 Å². The van der Waals surface area contributed by atoms with E-state index in [0.29, 0.717) is 10.7 Å². The van der Waals surface area contributed by atoms with Gasteiger partial charge in [-0.15, -0.1) is 10.2 Å². The van der Waals surface area contributed by atoms with Crippen molar-refractivity contribution < 1.29 is 9.53 Å². The average molecular weight is 362 g/mol. The number of ether oxygens (including phenoxy) is 1. The Balaban J connectivity index is 1.59. The maximum absolute atomic E-state index is 12.1. The van der Waals surface area contributed by atoms with Gasteiger partial charge in [0.1, 0.15) is 11.3 Å². The van der Waals surface area contributed by atoms with Gasteiger partial charge in [-0.05, 0) is 39.1 Å². The number of nitrogens with one attached hydrogen (secondary N) is 2. The van der Waals surface area contributed by atoms with Crippen molar-refractivity contribution in [1.82, 2.24) is 20.1 Å². The molecule has 1 aliphatic heterocycles. The van der Waals surface area contributed by atoms with Gasteiger partial charge in [0.05, 0.1) is 5.56 Å². The van der Waals surface area contributed by atoms with Crippen LogP contribution in [0.4, 0.5) is 10.9 Å². The van der Waals surface area contributed by atoms with Crippen molar-refractivity contribution in [2.24, 2.45) is 0 Å². The van der Waals surface area contributed by atoms with Crippen molar-refractivity contribution in [3.63, 3.8) is 0 Å². The minimum absolute atomic E-state index is 0.0633. The molecule has 0 radical (unpaired) electrons. The zero-order valence-electron chi connectivity index (χ0n) is 14.4. The summed E-state index contributed by atoms with van der Waals surface area (Å²) in [4.78, 5) is 18.7. The van der Waals surface area contributed by atoms with Crippen LogP contribution < -0.4 is 10.6 Å². The summed E-state index contributed by atoms with van der Waals surface area (Å²) in [7, 11) is 4.20. The van der Waals surface area contributed by atoms with Gasteiger partial charge in [0.15, 0.2) is 0 Å². The molecule has 25 heavy (non-hydrogen) atoms. The summed E-state index contributed by atoms with van der Waals surface area (Å²) in [6.07, 6.45) is 3.52. The number of carbonyl (C=O) groups excluding carboxylic acids is 1. The molecule has 0 aromatic carbocycles. The summed E-state index contributed by atoms with van der Waals surface area (Å²) >= 11 is 1.27. The number of carbonyl (C=O) groups is 1. The molecule has 9 heteroatoms. The van der Waals surface area contributed by atoms with E-state index in [1.54, 1.807) is 17.8 Å². The fourth-order valence-corrected chi connectivity index (χ4v) is 3.26. The topological polar surface area (TPSA) is 92.3 Å². The predicted molar refractivity (Wildman–Crippen MR) is 97.1 cm³/mol. The molecule has 1 saturated heterocycles. The van der Waals surface area contributed by atoms with Crippen LogP contribution in [0.1, 0.15) is 23.2 Å². The molecule has 2 aromatic rings. The van der Waals surface area contributed by atoms with E-state index in [1.165, 1.54) is 11.3 Å². The molecule has 0 spiro atoms. The number of amides is 1. The monoisotopic (exact) mass is 362 g/mol.